The molecule has 2 aliphatic heterocycles. The first-order valence-electron chi connectivity index (χ1n) is 23.0. The lowest BCUT2D eigenvalue weighted by Crippen LogP contribution is -2.55. The summed E-state index contributed by atoms with van der Waals surface area (Å²) in [6.45, 7) is 1.83. The molecule has 2 fully saturated rings. The van der Waals surface area contributed by atoms with E-state index < -0.39 is 12.1 Å². The SMILES string of the molecule is O=C(NCCc1cc2c(-c3cnn4ncccc34)ccnc2[nH]1)[C@@H]1COCCN1C(=O)/C=C/C1CCC=C1C(=O)N1CCC[C@H]1C(=O)NCCc1cc2c(-c3cnn4ncccc34)ccnc2[nH]1. The summed E-state index contributed by atoms with van der Waals surface area (Å²) >= 11 is 0. The number of ether oxygens (including phenoxy) is 1. The van der Waals surface area contributed by atoms with Gasteiger partial charge in [-0.05, 0) is 91.4 Å². The number of H-pyrrole nitrogens is 2. The number of hydrogen-bond donors (Lipinski definition) is 4. The molecule has 0 bridgehead atoms. The van der Waals surface area contributed by atoms with Gasteiger partial charge in [0.1, 0.15) is 23.4 Å². The van der Waals surface area contributed by atoms with Crippen molar-refractivity contribution in [2.75, 3.05) is 39.4 Å². The molecule has 8 aromatic rings. The summed E-state index contributed by atoms with van der Waals surface area (Å²) in [5, 5.41) is 25.3. The molecule has 68 heavy (non-hydrogen) atoms. The first kappa shape index (κ1) is 42.6. The molecule has 0 spiro atoms. The average molecular weight is 913 g/mol. The van der Waals surface area contributed by atoms with Crippen molar-refractivity contribution in [1.29, 1.82) is 0 Å². The van der Waals surface area contributed by atoms with Gasteiger partial charge in [0.15, 0.2) is 0 Å². The quantitative estimate of drug-likeness (QED) is 0.121. The standard InChI is InChI=1S/C49H48N14O5/c64-44(60-23-24-68-29-43(60)48(66)53-19-13-32-26-37-35(15-21-51-46(37)59-32)39-28-57-63-41(39)8-3-17-55-63)11-10-30-5-1-6-33(30)49(67)61-22-4-9-42(61)47(65)52-18-12-31-25-36-34(14-20-50-45(36)58-31)38-27-56-62-40(38)7-2-16-54-62/h2-3,6-8,10-11,14-17,20-21,25-28,30,42-43H,1,4-5,9,12-13,18-19,22-24,29H2,(H,50,58)(H,51,59)(H,52,65)(H,53,66)/b11-10+/t30?,42-,43-/m0/s1. The number of aromatic nitrogens is 10. The molecule has 0 aromatic carbocycles. The minimum atomic E-state index is -0.809. The first-order valence-corrected chi connectivity index (χ1v) is 23.0. The van der Waals surface area contributed by atoms with Crippen molar-refractivity contribution in [2.24, 2.45) is 5.92 Å². The predicted octanol–water partition coefficient (Wildman–Crippen LogP) is 3.99. The van der Waals surface area contributed by atoms with Crippen molar-refractivity contribution in [3.8, 4) is 22.3 Å². The Bertz CT molecular complexity index is 3290. The summed E-state index contributed by atoms with van der Waals surface area (Å²) in [7, 11) is 0. The second-order valence-corrected chi connectivity index (χ2v) is 17.3. The monoisotopic (exact) mass is 912 g/mol. The molecule has 3 atom stereocenters. The van der Waals surface area contributed by atoms with Crippen LogP contribution in [-0.4, -0.2) is 134 Å². The van der Waals surface area contributed by atoms with Gasteiger partial charge in [0.2, 0.25) is 17.7 Å². The highest BCUT2D eigenvalue weighted by Crippen LogP contribution is 2.34. The molecule has 19 nitrogen and oxygen atoms in total. The molecule has 11 rings (SSSR count). The van der Waals surface area contributed by atoms with Gasteiger partial charge in [-0.1, -0.05) is 12.2 Å². The third-order valence-electron chi connectivity index (χ3n) is 13.2. The number of carbonyl (C=O) groups excluding carboxylic acids is 4. The second-order valence-electron chi connectivity index (χ2n) is 17.3. The van der Waals surface area contributed by atoms with Crippen LogP contribution in [0, 0.1) is 5.92 Å². The van der Waals surface area contributed by atoms with Crippen molar-refractivity contribution in [1.82, 2.24) is 70.0 Å². The third-order valence-corrected chi connectivity index (χ3v) is 13.2. The molecular weight excluding hydrogens is 865 g/mol. The van der Waals surface area contributed by atoms with Crippen molar-refractivity contribution in [2.45, 2.75) is 50.6 Å². The van der Waals surface area contributed by atoms with Crippen LogP contribution in [0.1, 0.15) is 37.1 Å². The number of nitrogens with one attached hydrogen (secondary N) is 4. The molecule has 4 amide bonds. The molecule has 344 valence electrons. The number of fused-ring (bicyclic) bond motifs is 4. The number of rotatable bonds is 13. The molecule has 2 saturated heterocycles. The van der Waals surface area contributed by atoms with E-state index in [-0.39, 0.29) is 42.7 Å². The van der Waals surface area contributed by atoms with Crippen molar-refractivity contribution in [3.05, 3.63) is 121 Å². The van der Waals surface area contributed by atoms with E-state index in [0.29, 0.717) is 70.3 Å². The van der Waals surface area contributed by atoms with E-state index in [1.807, 2.05) is 48.5 Å². The van der Waals surface area contributed by atoms with Gasteiger partial charge >= 0.3 is 0 Å². The van der Waals surface area contributed by atoms with Crippen molar-refractivity contribution < 1.29 is 23.9 Å². The van der Waals surface area contributed by atoms with E-state index in [1.165, 1.54) is 11.0 Å². The fraction of sp³-hybridized carbons (Fsp3) is 0.306. The second kappa shape index (κ2) is 18.3. The predicted molar refractivity (Wildman–Crippen MR) is 251 cm³/mol. The summed E-state index contributed by atoms with van der Waals surface area (Å²) in [4.78, 5) is 74.0. The van der Waals surface area contributed by atoms with Crippen LogP contribution in [0.2, 0.25) is 0 Å². The van der Waals surface area contributed by atoms with Crippen molar-refractivity contribution in [3.63, 3.8) is 0 Å². The summed E-state index contributed by atoms with van der Waals surface area (Å²) in [6, 6.07) is 14.3. The largest absolute Gasteiger partial charge is 0.377 e. The van der Waals surface area contributed by atoms with E-state index in [9.17, 15) is 19.2 Å². The molecule has 0 radical (unpaired) electrons. The van der Waals surface area contributed by atoms with Crippen LogP contribution < -0.4 is 10.6 Å². The maximum absolute atomic E-state index is 14.1. The topological polar surface area (TPSA) is 226 Å². The van der Waals surface area contributed by atoms with Gasteiger partial charge in [0.05, 0.1) is 36.6 Å². The number of carbonyl (C=O) groups is 4. The highest BCUT2D eigenvalue weighted by molar-refractivity contribution is 6.00. The maximum atomic E-state index is 14.1. The van der Waals surface area contributed by atoms with E-state index in [1.54, 1.807) is 57.4 Å². The Morgan fingerprint density at radius 2 is 1.32 bits per heavy atom. The van der Waals surface area contributed by atoms with E-state index in [2.05, 4.69) is 57.0 Å². The molecule has 0 saturated carbocycles. The van der Waals surface area contributed by atoms with Gasteiger partial charge in [-0.3, -0.25) is 19.2 Å². The number of pyridine rings is 2. The Kier molecular flexibility index (Phi) is 11.5. The Balaban J connectivity index is 0.681. The average Bonchev–Trinajstić information content (AvgIpc) is 4.24. The third kappa shape index (κ3) is 8.14. The van der Waals surface area contributed by atoms with Crippen molar-refractivity contribution >= 4 is 56.7 Å². The lowest BCUT2D eigenvalue weighted by Gasteiger charge is -2.34. The normalized spacial score (nSPS) is 18.6. The molecular formula is C49H48N14O5. The molecule has 1 aliphatic carbocycles. The molecule has 8 aromatic heterocycles. The number of aromatic amines is 2. The zero-order chi connectivity index (χ0) is 46.1. The van der Waals surface area contributed by atoms with Gasteiger partial charge in [-0.2, -0.15) is 29.7 Å². The lowest BCUT2D eigenvalue weighted by molar-refractivity contribution is -0.145. The van der Waals surface area contributed by atoms with Gasteiger partial charge in [-0.25, -0.2) is 9.97 Å². The van der Waals surface area contributed by atoms with Crippen LogP contribution in [0.3, 0.4) is 0 Å². The molecule has 4 N–H and O–H groups in total. The Labute approximate surface area is 388 Å². The zero-order valence-corrected chi connectivity index (χ0v) is 37.0. The minimum Gasteiger partial charge on any atom is -0.377 e. The number of allylic oxidation sites excluding steroid dienone is 2. The summed E-state index contributed by atoms with van der Waals surface area (Å²) < 4.78 is 8.85. The maximum Gasteiger partial charge on any atom is 0.250 e. The number of amides is 4. The van der Waals surface area contributed by atoms with Gasteiger partial charge in [-0.15, -0.1) is 0 Å². The highest BCUT2D eigenvalue weighted by atomic mass is 16.5. The number of morpholine rings is 1. The molecule has 19 heteroatoms. The minimum absolute atomic E-state index is 0.0765. The van der Waals surface area contributed by atoms with Gasteiger partial charge < -0.3 is 35.1 Å². The van der Waals surface area contributed by atoms with Crippen LogP contribution in [0.15, 0.2) is 110 Å². The van der Waals surface area contributed by atoms with Crippen LogP contribution in [0.5, 0.6) is 0 Å². The zero-order valence-electron chi connectivity index (χ0n) is 37.0. The summed E-state index contributed by atoms with van der Waals surface area (Å²) in [5.41, 5.74) is 9.49. The number of hydrogen-bond acceptors (Lipinski definition) is 11. The number of likely N-dealkylation sites (tertiary alicyclic amines) is 1. The Hall–Kier alpha value is -8.06. The fourth-order valence-corrected chi connectivity index (χ4v) is 9.86. The fourth-order valence-electron chi connectivity index (χ4n) is 9.86. The smallest absolute Gasteiger partial charge is 0.250 e. The van der Waals surface area contributed by atoms with Crippen LogP contribution in [0.4, 0.5) is 0 Å². The summed E-state index contributed by atoms with van der Waals surface area (Å²) in [6.07, 6.45) is 19.3. The Morgan fingerprint density at radius 1 is 0.706 bits per heavy atom. The van der Waals surface area contributed by atoms with E-state index in [0.717, 1.165) is 66.7 Å². The van der Waals surface area contributed by atoms with E-state index in [4.69, 9.17) is 4.74 Å². The van der Waals surface area contributed by atoms with Crippen LogP contribution >= 0.6 is 0 Å². The Morgan fingerprint density at radius 3 is 1.96 bits per heavy atom. The van der Waals surface area contributed by atoms with Gasteiger partial charge in [0, 0.05) is 109 Å². The highest BCUT2D eigenvalue weighted by Gasteiger charge is 2.38. The van der Waals surface area contributed by atoms with Crippen LogP contribution in [0.25, 0.3) is 55.4 Å². The number of nitrogens with zero attached hydrogens (tertiary/aromatic N) is 10. The first-order chi connectivity index (χ1) is 33.4. The van der Waals surface area contributed by atoms with Gasteiger partial charge in [0.25, 0.3) is 5.91 Å². The molecule has 1 unspecified atom stereocenters. The molecule has 10 heterocycles. The summed E-state index contributed by atoms with van der Waals surface area (Å²) in [5.74, 6) is -1.29. The van der Waals surface area contributed by atoms with E-state index >= 15 is 0 Å². The lowest BCUT2D eigenvalue weighted by atomic mass is 9.99. The van der Waals surface area contributed by atoms with Crippen LogP contribution in [-0.2, 0) is 36.8 Å². The molecule has 3 aliphatic rings.